The Kier molecular flexibility index (Phi) is 1.89. The van der Waals surface area contributed by atoms with Gasteiger partial charge in [0.05, 0.1) is 0 Å². The van der Waals surface area contributed by atoms with E-state index in [9.17, 15) is 14.4 Å². The Bertz CT molecular complexity index is 462. The fourth-order valence-corrected chi connectivity index (χ4v) is 1.13. The number of aliphatic imine (C=N–C) groups is 3. The summed E-state index contributed by atoms with van der Waals surface area (Å²) in [5.74, 6) is -3.07. The lowest BCUT2D eigenvalue weighted by Crippen LogP contribution is -2.54. The van der Waals surface area contributed by atoms with Crippen molar-refractivity contribution >= 4 is 35.7 Å². The van der Waals surface area contributed by atoms with Gasteiger partial charge in [-0.2, -0.15) is 4.99 Å². The molecule has 0 spiro atoms. The first-order valence-electron chi connectivity index (χ1n) is 3.86. The van der Waals surface area contributed by atoms with Gasteiger partial charge in [0.25, 0.3) is 11.8 Å². The Morgan fingerprint density at radius 1 is 1.47 bits per heavy atom. The molecule has 0 aromatic carbocycles. The van der Waals surface area contributed by atoms with Crippen molar-refractivity contribution in [3.05, 3.63) is 0 Å². The molecule has 8 heteroatoms. The molecule has 0 bridgehead atoms. The molecule has 1 atom stereocenters. The van der Waals surface area contributed by atoms with Crippen LogP contribution in [-0.2, 0) is 14.4 Å². The fraction of sp³-hybridized carbons (Fsp3) is 0.143. The SMILES string of the molecule is O=C(O)C1=NC2=NC=NC(=O)C2NC1=O. The van der Waals surface area contributed by atoms with E-state index in [4.69, 9.17) is 5.11 Å². The molecular formula is C7H4N4O4. The van der Waals surface area contributed by atoms with Crippen molar-refractivity contribution in [3.8, 4) is 0 Å². The zero-order chi connectivity index (χ0) is 11.0. The van der Waals surface area contributed by atoms with E-state index in [1.165, 1.54) is 0 Å². The van der Waals surface area contributed by atoms with Gasteiger partial charge in [-0.25, -0.2) is 14.8 Å². The number of carbonyl (C=O) groups excluding carboxylic acids is 2. The monoisotopic (exact) mass is 208 g/mol. The van der Waals surface area contributed by atoms with Gasteiger partial charge < -0.3 is 10.4 Å². The van der Waals surface area contributed by atoms with Crippen molar-refractivity contribution in [2.45, 2.75) is 6.04 Å². The van der Waals surface area contributed by atoms with E-state index in [2.05, 4.69) is 20.3 Å². The van der Waals surface area contributed by atoms with Gasteiger partial charge in [-0.15, -0.1) is 0 Å². The Labute approximate surface area is 82.4 Å². The molecule has 2 amide bonds. The fourth-order valence-electron chi connectivity index (χ4n) is 1.13. The molecule has 2 rings (SSSR count). The molecule has 2 aliphatic rings. The summed E-state index contributed by atoms with van der Waals surface area (Å²) in [6.07, 6.45) is 0.967. The molecule has 0 aliphatic carbocycles. The van der Waals surface area contributed by atoms with Crippen molar-refractivity contribution < 1.29 is 19.5 Å². The number of rotatable bonds is 1. The number of carboxylic acid groups (broad SMARTS) is 1. The molecule has 1 unspecified atom stereocenters. The molecule has 2 heterocycles. The van der Waals surface area contributed by atoms with E-state index in [-0.39, 0.29) is 5.84 Å². The predicted octanol–water partition coefficient (Wildman–Crippen LogP) is -2.02. The molecule has 0 saturated carbocycles. The molecule has 15 heavy (non-hydrogen) atoms. The third-order valence-electron chi connectivity index (χ3n) is 1.80. The standard InChI is InChI=1S/C7H4N4O4/c12-5-2-4(8-1-9-5)10-3(7(14)15)6(13)11-2/h1-2H,(H,11,13)(H,14,15). The van der Waals surface area contributed by atoms with Gasteiger partial charge in [-0.05, 0) is 0 Å². The Hall–Kier alpha value is -2.38. The molecular weight excluding hydrogens is 204 g/mol. The van der Waals surface area contributed by atoms with Crippen LogP contribution < -0.4 is 5.32 Å². The summed E-state index contributed by atoms with van der Waals surface area (Å²) in [4.78, 5) is 43.3. The highest BCUT2D eigenvalue weighted by atomic mass is 16.4. The zero-order valence-corrected chi connectivity index (χ0v) is 7.17. The van der Waals surface area contributed by atoms with Gasteiger partial charge in [0, 0.05) is 0 Å². The maximum atomic E-state index is 11.2. The number of amidine groups is 1. The van der Waals surface area contributed by atoms with Gasteiger partial charge >= 0.3 is 5.97 Å². The van der Waals surface area contributed by atoms with Crippen LogP contribution in [0.2, 0.25) is 0 Å². The Morgan fingerprint density at radius 2 is 2.20 bits per heavy atom. The van der Waals surface area contributed by atoms with Crippen LogP contribution in [0.5, 0.6) is 0 Å². The summed E-state index contributed by atoms with van der Waals surface area (Å²) in [7, 11) is 0. The van der Waals surface area contributed by atoms with Crippen LogP contribution in [-0.4, -0.2) is 46.8 Å². The number of nitrogens with one attached hydrogen (secondary N) is 1. The van der Waals surface area contributed by atoms with Gasteiger partial charge in [-0.1, -0.05) is 0 Å². The molecule has 0 aromatic rings. The van der Waals surface area contributed by atoms with E-state index in [1.807, 2.05) is 0 Å². The van der Waals surface area contributed by atoms with Crippen LogP contribution in [0.3, 0.4) is 0 Å². The minimum absolute atomic E-state index is 0.0630. The van der Waals surface area contributed by atoms with Crippen molar-refractivity contribution in [2.75, 3.05) is 0 Å². The molecule has 76 valence electrons. The molecule has 2 aliphatic heterocycles. The topological polar surface area (TPSA) is 121 Å². The van der Waals surface area contributed by atoms with E-state index in [1.54, 1.807) is 0 Å². The lowest BCUT2D eigenvalue weighted by atomic mass is 10.1. The van der Waals surface area contributed by atoms with E-state index in [0.29, 0.717) is 0 Å². The average Bonchev–Trinajstić information content (AvgIpc) is 2.18. The summed E-state index contributed by atoms with van der Waals surface area (Å²) < 4.78 is 0. The van der Waals surface area contributed by atoms with Crippen LogP contribution in [0.4, 0.5) is 0 Å². The van der Waals surface area contributed by atoms with Gasteiger partial charge in [-0.3, -0.25) is 9.59 Å². The third kappa shape index (κ3) is 1.41. The van der Waals surface area contributed by atoms with Crippen molar-refractivity contribution in [3.63, 3.8) is 0 Å². The molecule has 0 saturated heterocycles. The predicted molar refractivity (Wildman–Crippen MR) is 47.9 cm³/mol. The first-order chi connectivity index (χ1) is 7.09. The van der Waals surface area contributed by atoms with Gasteiger partial charge in [0.1, 0.15) is 6.34 Å². The zero-order valence-electron chi connectivity index (χ0n) is 7.17. The minimum Gasteiger partial charge on any atom is -0.476 e. The highest BCUT2D eigenvalue weighted by Crippen LogP contribution is 2.05. The number of nitrogens with zero attached hydrogens (tertiary/aromatic N) is 3. The normalized spacial score (nSPS) is 23.9. The van der Waals surface area contributed by atoms with Gasteiger partial charge in [0.2, 0.25) is 5.71 Å². The Balaban J connectivity index is 2.45. The smallest absolute Gasteiger partial charge is 0.360 e. The second-order valence-corrected chi connectivity index (χ2v) is 2.74. The molecule has 0 aromatic heterocycles. The number of carboxylic acids is 1. The number of hydrogen-bond donors (Lipinski definition) is 2. The number of hydrogen-bond acceptors (Lipinski definition) is 5. The lowest BCUT2D eigenvalue weighted by Gasteiger charge is -2.20. The van der Waals surface area contributed by atoms with Crippen LogP contribution in [0.1, 0.15) is 0 Å². The summed E-state index contributed by atoms with van der Waals surface area (Å²) >= 11 is 0. The first-order valence-corrected chi connectivity index (χ1v) is 3.86. The molecule has 0 fully saturated rings. The van der Waals surface area contributed by atoms with Crippen LogP contribution in [0.15, 0.2) is 15.0 Å². The summed E-state index contributed by atoms with van der Waals surface area (Å²) in [5, 5.41) is 10.8. The van der Waals surface area contributed by atoms with Crippen molar-refractivity contribution in [1.82, 2.24) is 5.32 Å². The second-order valence-electron chi connectivity index (χ2n) is 2.74. The lowest BCUT2D eigenvalue weighted by molar-refractivity contribution is -0.131. The quantitative estimate of drug-likeness (QED) is 0.516. The van der Waals surface area contributed by atoms with E-state index in [0.717, 1.165) is 6.34 Å². The molecule has 2 N–H and O–H groups in total. The van der Waals surface area contributed by atoms with Crippen LogP contribution >= 0.6 is 0 Å². The molecule has 8 nitrogen and oxygen atoms in total. The van der Waals surface area contributed by atoms with Crippen molar-refractivity contribution in [1.29, 1.82) is 0 Å². The van der Waals surface area contributed by atoms with Crippen molar-refractivity contribution in [2.24, 2.45) is 15.0 Å². The average molecular weight is 208 g/mol. The minimum atomic E-state index is -1.47. The number of aliphatic carboxylic acids is 1. The highest BCUT2D eigenvalue weighted by Gasteiger charge is 2.36. The van der Waals surface area contributed by atoms with Gasteiger partial charge in [0.15, 0.2) is 11.9 Å². The molecule has 0 radical (unpaired) electrons. The maximum Gasteiger partial charge on any atom is 0.360 e. The highest BCUT2D eigenvalue weighted by molar-refractivity contribution is 6.65. The van der Waals surface area contributed by atoms with Crippen LogP contribution in [0, 0.1) is 0 Å². The van der Waals surface area contributed by atoms with Crippen LogP contribution in [0.25, 0.3) is 0 Å². The third-order valence-corrected chi connectivity index (χ3v) is 1.80. The summed E-state index contributed by atoms with van der Waals surface area (Å²) in [6, 6.07) is -1.06. The second kappa shape index (κ2) is 3.08. The van der Waals surface area contributed by atoms with E-state index >= 15 is 0 Å². The Morgan fingerprint density at radius 3 is 2.87 bits per heavy atom. The number of carbonyl (C=O) groups is 3. The summed E-state index contributed by atoms with van der Waals surface area (Å²) in [5.41, 5.74) is -0.687. The number of fused-ring (bicyclic) bond motifs is 1. The largest absolute Gasteiger partial charge is 0.476 e. The number of amides is 2. The first kappa shape index (κ1) is 9.19. The maximum absolute atomic E-state index is 11.2. The summed E-state index contributed by atoms with van der Waals surface area (Å²) in [6.45, 7) is 0. The van der Waals surface area contributed by atoms with E-state index < -0.39 is 29.5 Å².